The van der Waals surface area contributed by atoms with Crippen LogP contribution in [0.2, 0.25) is 0 Å². The van der Waals surface area contributed by atoms with E-state index in [-0.39, 0.29) is 0 Å². The van der Waals surface area contributed by atoms with Crippen LogP contribution in [0.4, 0.5) is 0 Å². The fourth-order valence-electron chi connectivity index (χ4n) is 3.72. The standard InChI is InChI=1S/C23H25N3O3.C2H6/c27-21(26-28)11-10-16-6-8-17(9-7-16)15-24-13-12-18-3-1-4-19-20-5-2-14-29-23(20)25-22(18)19;1-2/h1,3-4,6-11,24-25,28H,2,5,12-15H2,(H,26,27);1-2H3/b11-10+;. The molecule has 2 aromatic carbocycles. The van der Waals surface area contributed by atoms with Crippen molar-refractivity contribution in [1.82, 2.24) is 15.8 Å². The summed E-state index contributed by atoms with van der Waals surface area (Å²) < 4.78 is 5.78. The van der Waals surface area contributed by atoms with Gasteiger partial charge >= 0.3 is 0 Å². The third-order valence-corrected chi connectivity index (χ3v) is 5.22. The van der Waals surface area contributed by atoms with Crippen LogP contribution >= 0.6 is 0 Å². The van der Waals surface area contributed by atoms with E-state index in [4.69, 9.17) is 9.94 Å². The molecule has 1 aliphatic heterocycles. The van der Waals surface area contributed by atoms with E-state index in [2.05, 4.69) is 28.5 Å². The Balaban J connectivity index is 0.00000132. The number of aromatic amines is 1. The Hall–Kier alpha value is -3.09. The first kappa shape index (κ1) is 22.6. The van der Waals surface area contributed by atoms with E-state index in [0.717, 1.165) is 50.4 Å². The van der Waals surface area contributed by atoms with Gasteiger partial charge in [-0.3, -0.25) is 10.0 Å². The molecule has 6 nitrogen and oxygen atoms in total. The number of amides is 1. The maximum absolute atomic E-state index is 11.0. The monoisotopic (exact) mass is 421 g/mol. The van der Waals surface area contributed by atoms with Gasteiger partial charge in [0.15, 0.2) is 5.88 Å². The zero-order chi connectivity index (χ0) is 22.1. The van der Waals surface area contributed by atoms with Crippen molar-refractivity contribution in [2.24, 2.45) is 0 Å². The van der Waals surface area contributed by atoms with Gasteiger partial charge < -0.3 is 15.0 Å². The number of hydroxylamine groups is 1. The van der Waals surface area contributed by atoms with Gasteiger partial charge in [0.05, 0.1) is 12.1 Å². The molecule has 0 atom stereocenters. The highest BCUT2D eigenvalue weighted by molar-refractivity contribution is 5.90. The average Bonchev–Trinajstić information content (AvgIpc) is 3.22. The van der Waals surface area contributed by atoms with E-state index in [9.17, 15) is 4.79 Å². The first-order chi connectivity index (χ1) is 15.2. The van der Waals surface area contributed by atoms with Crippen LogP contribution in [0, 0.1) is 0 Å². The van der Waals surface area contributed by atoms with Gasteiger partial charge in [0, 0.05) is 23.6 Å². The summed E-state index contributed by atoms with van der Waals surface area (Å²) in [5.41, 5.74) is 7.47. The van der Waals surface area contributed by atoms with Gasteiger partial charge in [0.1, 0.15) is 0 Å². The molecule has 1 aromatic heterocycles. The van der Waals surface area contributed by atoms with E-state index in [1.807, 2.05) is 38.1 Å². The predicted octanol–water partition coefficient (Wildman–Crippen LogP) is 4.37. The van der Waals surface area contributed by atoms with E-state index in [0.29, 0.717) is 0 Å². The van der Waals surface area contributed by atoms with Crippen molar-refractivity contribution < 1.29 is 14.7 Å². The number of hydrogen-bond acceptors (Lipinski definition) is 4. The van der Waals surface area contributed by atoms with Gasteiger partial charge in [-0.25, -0.2) is 5.48 Å². The zero-order valence-corrected chi connectivity index (χ0v) is 18.2. The SMILES string of the molecule is CC.O=C(/C=C/c1ccc(CNCCc2cccc3c4c([nH]c23)OCCC4)cc1)NO. The number of para-hydroxylation sites is 1. The summed E-state index contributed by atoms with van der Waals surface area (Å²) in [6.45, 7) is 6.45. The molecule has 0 saturated heterocycles. The number of ether oxygens (including phenoxy) is 1. The Bertz CT molecular complexity index is 1020. The highest BCUT2D eigenvalue weighted by Gasteiger charge is 2.17. The fraction of sp³-hybridized carbons (Fsp3) is 0.320. The minimum absolute atomic E-state index is 0.541. The zero-order valence-electron chi connectivity index (χ0n) is 18.2. The summed E-state index contributed by atoms with van der Waals surface area (Å²) in [7, 11) is 0. The molecule has 1 aliphatic rings. The molecular weight excluding hydrogens is 390 g/mol. The molecule has 0 bridgehead atoms. The molecule has 164 valence electrons. The molecule has 1 amide bonds. The Morgan fingerprint density at radius 1 is 1.19 bits per heavy atom. The number of aromatic nitrogens is 1. The molecule has 0 aliphatic carbocycles. The first-order valence-electron chi connectivity index (χ1n) is 10.9. The van der Waals surface area contributed by atoms with E-state index in [1.54, 1.807) is 11.6 Å². The number of carbonyl (C=O) groups excluding carboxylic acids is 1. The molecule has 31 heavy (non-hydrogen) atoms. The average molecular weight is 422 g/mol. The lowest BCUT2D eigenvalue weighted by Gasteiger charge is -2.12. The minimum atomic E-state index is -0.541. The summed E-state index contributed by atoms with van der Waals surface area (Å²) in [5, 5.41) is 13.3. The second-order valence-electron chi connectivity index (χ2n) is 7.20. The number of benzene rings is 2. The number of carbonyl (C=O) groups is 1. The fourth-order valence-corrected chi connectivity index (χ4v) is 3.72. The predicted molar refractivity (Wildman–Crippen MR) is 124 cm³/mol. The van der Waals surface area contributed by atoms with Crippen LogP contribution in [-0.2, 0) is 24.2 Å². The van der Waals surface area contributed by atoms with Crippen molar-refractivity contribution in [3.05, 3.63) is 70.8 Å². The second-order valence-corrected chi connectivity index (χ2v) is 7.20. The van der Waals surface area contributed by atoms with Gasteiger partial charge in [-0.15, -0.1) is 0 Å². The molecule has 0 saturated carbocycles. The molecule has 3 aromatic rings. The molecule has 0 fully saturated rings. The number of aryl methyl sites for hydroxylation is 1. The van der Waals surface area contributed by atoms with E-state index < -0.39 is 5.91 Å². The maximum Gasteiger partial charge on any atom is 0.267 e. The van der Waals surface area contributed by atoms with Gasteiger partial charge in [0.25, 0.3) is 5.91 Å². The van der Waals surface area contributed by atoms with Gasteiger partial charge in [-0.05, 0) is 48.6 Å². The van der Waals surface area contributed by atoms with Gasteiger partial charge in [-0.1, -0.05) is 56.3 Å². The van der Waals surface area contributed by atoms with Crippen LogP contribution in [0.5, 0.6) is 5.88 Å². The Morgan fingerprint density at radius 3 is 2.77 bits per heavy atom. The second kappa shape index (κ2) is 11.3. The summed E-state index contributed by atoms with van der Waals surface area (Å²) in [6.07, 6.45) is 6.04. The summed E-state index contributed by atoms with van der Waals surface area (Å²) in [5.74, 6) is 0.400. The van der Waals surface area contributed by atoms with Crippen LogP contribution in [0.1, 0.15) is 42.5 Å². The summed E-state index contributed by atoms with van der Waals surface area (Å²) >= 11 is 0. The van der Waals surface area contributed by atoms with Crippen LogP contribution in [0.15, 0.2) is 48.5 Å². The third-order valence-electron chi connectivity index (χ3n) is 5.22. The molecule has 4 N–H and O–H groups in total. The number of hydrogen-bond donors (Lipinski definition) is 4. The Labute approximate surface area is 183 Å². The number of H-pyrrole nitrogens is 1. The summed E-state index contributed by atoms with van der Waals surface area (Å²) in [6, 6.07) is 14.4. The number of nitrogens with one attached hydrogen (secondary N) is 3. The Kier molecular flexibility index (Phi) is 8.27. The minimum Gasteiger partial charge on any atom is -0.479 e. The number of rotatable bonds is 7. The molecular formula is C25H31N3O3. The smallest absolute Gasteiger partial charge is 0.267 e. The highest BCUT2D eigenvalue weighted by atomic mass is 16.5. The lowest BCUT2D eigenvalue weighted by Crippen LogP contribution is -2.16. The van der Waals surface area contributed by atoms with Crippen LogP contribution in [0.25, 0.3) is 17.0 Å². The van der Waals surface area contributed by atoms with Crippen molar-refractivity contribution in [3.63, 3.8) is 0 Å². The quantitative estimate of drug-likeness (QED) is 0.197. The van der Waals surface area contributed by atoms with Crippen molar-refractivity contribution in [1.29, 1.82) is 0 Å². The van der Waals surface area contributed by atoms with Gasteiger partial charge in [0.2, 0.25) is 0 Å². The third kappa shape index (κ3) is 5.75. The van der Waals surface area contributed by atoms with Crippen molar-refractivity contribution in [3.8, 4) is 5.88 Å². The lowest BCUT2D eigenvalue weighted by atomic mass is 10.0. The highest BCUT2D eigenvalue weighted by Crippen LogP contribution is 2.33. The lowest BCUT2D eigenvalue weighted by molar-refractivity contribution is -0.124. The molecule has 0 spiro atoms. The van der Waals surface area contributed by atoms with Crippen molar-refractivity contribution >= 4 is 22.9 Å². The molecule has 4 rings (SSSR count). The van der Waals surface area contributed by atoms with E-state index >= 15 is 0 Å². The van der Waals surface area contributed by atoms with Crippen molar-refractivity contribution in [2.75, 3.05) is 13.2 Å². The molecule has 0 unspecified atom stereocenters. The van der Waals surface area contributed by atoms with Crippen LogP contribution in [0.3, 0.4) is 0 Å². The summed E-state index contributed by atoms with van der Waals surface area (Å²) in [4.78, 5) is 14.5. The maximum atomic E-state index is 11.0. The first-order valence-corrected chi connectivity index (χ1v) is 10.9. The van der Waals surface area contributed by atoms with E-state index in [1.165, 1.54) is 33.7 Å². The largest absolute Gasteiger partial charge is 0.479 e. The molecule has 6 heteroatoms. The Morgan fingerprint density at radius 2 is 2.00 bits per heavy atom. The van der Waals surface area contributed by atoms with Crippen LogP contribution in [-0.4, -0.2) is 29.3 Å². The topological polar surface area (TPSA) is 86.4 Å². The normalized spacial score (nSPS) is 12.7. The van der Waals surface area contributed by atoms with Crippen LogP contribution < -0.4 is 15.5 Å². The molecule has 0 radical (unpaired) electrons. The molecule has 2 heterocycles. The van der Waals surface area contributed by atoms with Gasteiger partial charge in [-0.2, -0.15) is 0 Å². The van der Waals surface area contributed by atoms with Crippen molar-refractivity contribution in [2.45, 2.75) is 39.7 Å². The number of fused-ring (bicyclic) bond motifs is 3.